The Balaban J connectivity index is 1.81. The van der Waals surface area contributed by atoms with E-state index in [1.165, 1.54) is 12.1 Å². The molecule has 0 fully saturated rings. The van der Waals surface area contributed by atoms with Crippen LogP contribution in [0, 0.1) is 0 Å². The molecular formula is C18H19F3N2O4S. The van der Waals surface area contributed by atoms with E-state index >= 15 is 0 Å². The molecule has 28 heavy (non-hydrogen) atoms. The van der Waals surface area contributed by atoms with Crippen LogP contribution < -0.4 is 14.8 Å². The number of ether oxygens (including phenoxy) is 1. The van der Waals surface area contributed by atoms with E-state index in [-0.39, 0.29) is 31.2 Å². The molecule has 152 valence electrons. The number of hydrogen-bond acceptors (Lipinski definition) is 4. The van der Waals surface area contributed by atoms with Crippen LogP contribution in [-0.4, -0.2) is 33.7 Å². The zero-order valence-corrected chi connectivity index (χ0v) is 15.7. The molecule has 1 amide bonds. The highest BCUT2D eigenvalue weighted by molar-refractivity contribution is 7.92. The van der Waals surface area contributed by atoms with E-state index in [1.54, 1.807) is 24.3 Å². The van der Waals surface area contributed by atoms with Crippen LogP contribution in [0.4, 0.5) is 18.9 Å². The van der Waals surface area contributed by atoms with Gasteiger partial charge in [-0.2, -0.15) is 13.2 Å². The molecule has 2 N–H and O–H groups in total. The van der Waals surface area contributed by atoms with Gasteiger partial charge in [-0.3, -0.25) is 9.52 Å². The van der Waals surface area contributed by atoms with Crippen LogP contribution >= 0.6 is 0 Å². The fourth-order valence-electron chi connectivity index (χ4n) is 2.31. The molecule has 0 aliphatic rings. The predicted molar refractivity (Wildman–Crippen MR) is 98.6 cm³/mol. The Morgan fingerprint density at radius 1 is 1.07 bits per heavy atom. The Bertz CT molecular complexity index is 913. The highest BCUT2D eigenvalue weighted by Crippen LogP contribution is 2.30. The van der Waals surface area contributed by atoms with Crippen LogP contribution in [0.15, 0.2) is 48.5 Å². The van der Waals surface area contributed by atoms with Gasteiger partial charge in [-0.1, -0.05) is 18.2 Å². The molecule has 10 heteroatoms. The first-order valence-electron chi connectivity index (χ1n) is 8.17. The summed E-state index contributed by atoms with van der Waals surface area (Å²) in [5.74, 6) is -0.0938. The quantitative estimate of drug-likeness (QED) is 0.648. The largest absolute Gasteiger partial charge is 0.492 e. The maximum Gasteiger partial charge on any atom is 0.416 e. The zero-order valence-electron chi connectivity index (χ0n) is 14.9. The number of alkyl halides is 3. The summed E-state index contributed by atoms with van der Waals surface area (Å²) in [6.07, 6.45) is -3.43. The van der Waals surface area contributed by atoms with Gasteiger partial charge in [-0.25, -0.2) is 8.42 Å². The van der Waals surface area contributed by atoms with E-state index in [0.717, 1.165) is 18.4 Å². The van der Waals surface area contributed by atoms with E-state index in [0.29, 0.717) is 11.3 Å². The second-order valence-corrected chi connectivity index (χ2v) is 7.68. The third kappa shape index (κ3) is 7.10. The molecule has 6 nitrogen and oxygen atoms in total. The summed E-state index contributed by atoms with van der Waals surface area (Å²) in [6.45, 7) is 0.210. The maximum absolute atomic E-state index is 12.5. The third-order valence-electron chi connectivity index (χ3n) is 3.54. The minimum absolute atomic E-state index is 0.0427. The van der Waals surface area contributed by atoms with Gasteiger partial charge in [-0.15, -0.1) is 0 Å². The Kier molecular flexibility index (Phi) is 6.90. The van der Waals surface area contributed by atoms with E-state index in [1.807, 2.05) is 0 Å². The van der Waals surface area contributed by atoms with Crippen molar-refractivity contribution in [1.29, 1.82) is 0 Å². The van der Waals surface area contributed by atoms with Crippen molar-refractivity contribution in [3.63, 3.8) is 0 Å². The number of sulfonamides is 1. The predicted octanol–water partition coefficient (Wildman–Crippen LogP) is 2.81. The summed E-state index contributed by atoms with van der Waals surface area (Å²) < 4.78 is 67.8. The van der Waals surface area contributed by atoms with Crippen molar-refractivity contribution in [3.05, 3.63) is 59.7 Å². The average molecular weight is 416 g/mol. The van der Waals surface area contributed by atoms with Crippen LogP contribution in [0.5, 0.6) is 5.75 Å². The van der Waals surface area contributed by atoms with Crippen molar-refractivity contribution < 1.29 is 31.1 Å². The minimum Gasteiger partial charge on any atom is -0.492 e. The number of benzene rings is 2. The Morgan fingerprint density at radius 2 is 1.71 bits per heavy atom. The summed E-state index contributed by atoms with van der Waals surface area (Å²) in [7, 11) is -3.47. The molecule has 0 radical (unpaired) electrons. The number of carbonyl (C=O) groups excluding carboxylic acids is 1. The van der Waals surface area contributed by atoms with Crippen molar-refractivity contribution in [2.75, 3.05) is 24.1 Å². The van der Waals surface area contributed by atoms with Crippen molar-refractivity contribution in [2.24, 2.45) is 0 Å². The Labute approximate surface area is 160 Å². The fourth-order valence-corrected chi connectivity index (χ4v) is 2.91. The van der Waals surface area contributed by atoms with Gasteiger partial charge < -0.3 is 10.1 Å². The van der Waals surface area contributed by atoms with Gasteiger partial charge in [0.05, 0.1) is 30.5 Å². The number of para-hydroxylation sites is 1. The van der Waals surface area contributed by atoms with Crippen LogP contribution in [0.25, 0.3) is 0 Å². The van der Waals surface area contributed by atoms with Gasteiger partial charge in [0.2, 0.25) is 15.9 Å². The molecule has 2 aromatic rings. The Morgan fingerprint density at radius 3 is 2.32 bits per heavy atom. The molecule has 2 rings (SSSR count). The summed E-state index contributed by atoms with van der Waals surface area (Å²) in [6, 6.07) is 10.8. The van der Waals surface area contributed by atoms with Crippen LogP contribution in [0.3, 0.4) is 0 Å². The van der Waals surface area contributed by atoms with Crippen molar-refractivity contribution >= 4 is 21.6 Å². The second-order valence-electron chi connectivity index (χ2n) is 5.93. The van der Waals surface area contributed by atoms with E-state index in [2.05, 4.69) is 10.0 Å². The van der Waals surface area contributed by atoms with Crippen LogP contribution in [0.2, 0.25) is 0 Å². The lowest BCUT2D eigenvalue weighted by atomic mass is 10.1. The first kappa shape index (κ1) is 21.5. The van der Waals surface area contributed by atoms with Gasteiger partial charge >= 0.3 is 6.18 Å². The summed E-state index contributed by atoms with van der Waals surface area (Å²) in [5.41, 5.74) is 0.0600. The monoisotopic (exact) mass is 416 g/mol. The lowest BCUT2D eigenvalue weighted by molar-refractivity contribution is -0.137. The first-order chi connectivity index (χ1) is 13.0. The van der Waals surface area contributed by atoms with Gasteiger partial charge in [0.25, 0.3) is 0 Å². The third-order valence-corrected chi connectivity index (χ3v) is 4.13. The normalized spacial score (nSPS) is 11.7. The van der Waals surface area contributed by atoms with Gasteiger partial charge in [0.1, 0.15) is 12.4 Å². The molecule has 0 aliphatic heterocycles. The Hall–Kier alpha value is -2.75. The molecule has 0 bridgehead atoms. The number of hydrogen-bond donors (Lipinski definition) is 2. The lowest BCUT2D eigenvalue weighted by Gasteiger charge is -2.12. The molecule has 0 spiro atoms. The molecule has 0 unspecified atom stereocenters. The van der Waals surface area contributed by atoms with Crippen molar-refractivity contribution in [3.8, 4) is 5.75 Å². The summed E-state index contributed by atoms with van der Waals surface area (Å²) >= 11 is 0. The topological polar surface area (TPSA) is 84.5 Å². The second kappa shape index (κ2) is 8.96. The van der Waals surface area contributed by atoms with Crippen LogP contribution in [-0.2, 0) is 27.4 Å². The smallest absolute Gasteiger partial charge is 0.416 e. The molecule has 0 aromatic heterocycles. The molecule has 2 aromatic carbocycles. The highest BCUT2D eigenvalue weighted by Gasteiger charge is 2.30. The minimum atomic E-state index is -4.41. The van der Waals surface area contributed by atoms with Gasteiger partial charge in [0.15, 0.2) is 0 Å². The molecule has 0 heterocycles. The number of nitrogens with one attached hydrogen (secondary N) is 2. The van der Waals surface area contributed by atoms with Crippen molar-refractivity contribution in [2.45, 2.75) is 12.6 Å². The molecule has 0 aliphatic carbocycles. The number of halogens is 3. The van der Waals surface area contributed by atoms with Gasteiger partial charge in [0, 0.05) is 0 Å². The van der Waals surface area contributed by atoms with E-state index in [4.69, 9.17) is 4.74 Å². The number of rotatable bonds is 8. The number of amides is 1. The molecule has 0 atom stereocenters. The summed E-state index contributed by atoms with van der Waals surface area (Å²) in [4.78, 5) is 12.0. The SMILES string of the molecule is CS(=O)(=O)Nc1ccccc1CC(=O)NCCOc1ccc(C(F)(F)F)cc1. The number of anilines is 1. The lowest BCUT2D eigenvalue weighted by Crippen LogP contribution is -2.29. The average Bonchev–Trinajstić information content (AvgIpc) is 2.59. The molecule has 0 saturated carbocycles. The number of carbonyl (C=O) groups is 1. The van der Waals surface area contributed by atoms with E-state index in [9.17, 15) is 26.4 Å². The fraction of sp³-hybridized carbons (Fsp3) is 0.278. The van der Waals surface area contributed by atoms with Crippen molar-refractivity contribution in [1.82, 2.24) is 5.32 Å². The van der Waals surface area contributed by atoms with Crippen LogP contribution in [0.1, 0.15) is 11.1 Å². The maximum atomic E-state index is 12.5. The highest BCUT2D eigenvalue weighted by atomic mass is 32.2. The first-order valence-corrected chi connectivity index (χ1v) is 10.1. The standard InChI is InChI=1S/C18H19F3N2O4S/c1-28(25,26)23-16-5-3-2-4-13(16)12-17(24)22-10-11-27-15-8-6-14(7-9-15)18(19,20)21/h2-9,23H,10-12H2,1H3,(H,22,24). The summed E-state index contributed by atoms with van der Waals surface area (Å²) in [5, 5.41) is 2.61. The zero-order chi connectivity index (χ0) is 20.8. The molecular weight excluding hydrogens is 397 g/mol. The molecule has 0 saturated heterocycles. The van der Waals surface area contributed by atoms with Gasteiger partial charge in [-0.05, 0) is 35.9 Å². The van der Waals surface area contributed by atoms with E-state index < -0.39 is 21.8 Å².